The Kier molecular flexibility index (Phi) is 12.0. The number of benzene rings is 3. The third-order valence-corrected chi connectivity index (χ3v) is 11.5. The number of carbonyl (C=O) groups excluding carboxylic acids is 2. The van der Waals surface area contributed by atoms with Gasteiger partial charge in [-0.05, 0) is 89.9 Å². The first-order chi connectivity index (χ1) is 25.6. The maximum absolute atomic E-state index is 13.8. The summed E-state index contributed by atoms with van der Waals surface area (Å²) in [6.07, 6.45) is 1.69. The molecule has 16 nitrogen and oxygen atoms in total. The van der Waals surface area contributed by atoms with Crippen LogP contribution >= 0.6 is 0 Å². The molecule has 1 saturated heterocycles. The third kappa shape index (κ3) is 9.35. The van der Waals surface area contributed by atoms with Gasteiger partial charge < -0.3 is 30.5 Å². The Hall–Kier alpha value is -5.39. The number of nitrogens with one attached hydrogen (secondary N) is 4. The van der Waals surface area contributed by atoms with E-state index in [0.29, 0.717) is 68.1 Å². The molecule has 2 fully saturated rings. The maximum Gasteiger partial charge on any atom is 0.404 e. The average Bonchev–Trinajstić information content (AvgIpc) is 3.73. The largest absolute Gasteiger partial charge is 0.495 e. The second kappa shape index (κ2) is 17.0. The first kappa shape index (κ1) is 37.4. The van der Waals surface area contributed by atoms with Crippen LogP contribution in [0.3, 0.4) is 0 Å². The van der Waals surface area contributed by atoms with Crippen molar-refractivity contribution in [3.63, 3.8) is 0 Å². The molecule has 53 heavy (non-hydrogen) atoms. The number of nitrogens with zero attached hydrogens (tertiary/aromatic N) is 4. The molecule has 1 aliphatic carbocycles. The molecule has 1 aliphatic heterocycles. The quantitative estimate of drug-likeness (QED) is 0.134. The lowest BCUT2D eigenvalue weighted by molar-refractivity contribution is -0.130. The van der Waals surface area contributed by atoms with Gasteiger partial charge in [0.25, 0.3) is 0 Å². The normalized spacial score (nSPS) is 18.4. The standard InChI is InChI=1S/C36H42N8O8S/c1-51-31-15-12-28(21-32(31)53(49,50)44-16-18-52-19-17-44)25-6-2-23(3-7-25)20-30(39-34(45)27-8-4-24(5-9-27)22-37-36(47)48)35(46)38-29-13-10-26(11-14-29)33-40-42-43-41-33/h2-3,6-7,10-15,21,24,27,30,37H,4-5,8-9,16-20,22H2,1H3,(H,38,46)(H,39,45)(H,47,48)(H,40,41,42,43)/t24?,27?,30-/m0/s1. The van der Waals surface area contributed by atoms with Crippen LogP contribution in [0.1, 0.15) is 31.2 Å². The summed E-state index contributed by atoms with van der Waals surface area (Å²) < 4.78 is 39.3. The number of hydrogen-bond acceptors (Lipinski definition) is 10. The molecule has 5 N–H and O–H groups in total. The predicted octanol–water partition coefficient (Wildman–Crippen LogP) is 3.30. The lowest BCUT2D eigenvalue weighted by Gasteiger charge is -2.29. The van der Waals surface area contributed by atoms with Gasteiger partial charge in [-0.2, -0.15) is 9.52 Å². The van der Waals surface area contributed by atoms with Crippen molar-refractivity contribution in [1.29, 1.82) is 0 Å². The van der Waals surface area contributed by atoms with Gasteiger partial charge in [0.1, 0.15) is 16.7 Å². The minimum Gasteiger partial charge on any atom is -0.495 e. The molecule has 2 heterocycles. The van der Waals surface area contributed by atoms with Gasteiger partial charge in [-0.1, -0.05) is 30.3 Å². The molecule has 0 spiro atoms. The smallest absolute Gasteiger partial charge is 0.404 e. The van der Waals surface area contributed by atoms with Crippen molar-refractivity contribution in [1.82, 2.24) is 35.6 Å². The number of anilines is 1. The van der Waals surface area contributed by atoms with E-state index in [9.17, 15) is 22.8 Å². The molecule has 3 aromatic carbocycles. The average molecular weight is 747 g/mol. The maximum atomic E-state index is 13.8. The van der Waals surface area contributed by atoms with Gasteiger partial charge in [-0.15, -0.1) is 10.2 Å². The molecule has 1 atom stereocenters. The van der Waals surface area contributed by atoms with E-state index in [1.807, 2.05) is 24.3 Å². The van der Waals surface area contributed by atoms with Crippen molar-refractivity contribution >= 4 is 33.6 Å². The van der Waals surface area contributed by atoms with E-state index in [0.717, 1.165) is 11.1 Å². The van der Waals surface area contributed by atoms with Gasteiger partial charge in [0, 0.05) is 43.2 Å². The zero-order valence-corrected chi connectivity index (χ0v) is 30.0. The molecule has 280 valence electrons. The number of carbonyl (C=O) groups is 3. The lowest BCUT2D eigenvalue weighted by Crippen LogP contribution is -2.48. The molecule has 3 amide bonds. The number of amides is 3. The van der Waals surface area contributed by atoms with E-state index >= 15 is 0 Å². The zero-order valence-electron chi connectivity index (χ0n) is 29.2. The molecule has 1 aromatic heterocycles. The Morgan fingerprint density at radius 2 is 1.64 bits per heavy atom. The number of carboxylic acid groups (broad SMARTS) is 1. The molecular weight excluding hydrogens is 705 g/mol. The van der Waals surface area contributed by atoms with E-state index in [1.165, 1.54) is 11.4 Å². The fourth-order valence-corrected chi connectivity index (χ4v) is 8.22. The van der Waals surface area contributed by atoms with Crippen LogP contribution in [0.2, 0.25) is 0 Å². The topological polar surface area (TPSA) is 218 Å². The van der Waals surface area contributed by atoms with Crippen molar-refractivity contribution < 1.29 is 37.4 Å². The summed E-state index contributed by atoms with van der Waals surface area (Å²) in [5, 5.41) is 31.2. The van der Waals surface area contributed by atoms with Crippen LogP contribution in [-0.2, 0) is 30.8 Å². The number of hydrogen-bond donors (Lipinski definition) is 5. The van der Waals surface area contributed by atoms with Crippen LogP contribution in [0.15, 0.2) is 71.6 Å². The van der Waals surface area contributed by atoms with E-state index < -0.39 is 28.1 Å². The highest BCUT2D eigenvalue weighted by Crippen LogP contribution is 2.33. The van der Waals surface area contributed by atoms with Crippen LogP contribution in [-0.4, -0.2) is 102 Å². The third-order valence-electron chi connectivity index (χ3n) is 9.63. The van der Waals surface area contributed by atoms with Gasteiger partial charge in [0.05, 0.1) is 20.3 Å². The number of sulfonamides is 1. The number of aromatic amines is 1. The Balaban J connectivity index is 1.18. The van der Waals surface area contributed by atoms with Crippen molar-refractivity contribution in [2.24, 2.45) is 11.8 Å². The number of H-pyrrole nitrogens is 1. The van der Waals surface area contributed by atoms with Crippen LogP contribution in [0.4, 0.5) is 10.5 Å². The molecule has 4 aromatic rings. The summed E-state index contributed by atoms with van der Waals surface area (Å²) in [7, 11) is -2.40. The van der Waals surface area contributed by atoms with Crippen molar-refractivity contribution in [2.45, 2.75) is 43.0 Å². The highest BCUT2D eigenvalue weighted by Gasteiger charge is 2.31. The van der Waals surface area contributed by atoms with E-state index in [4.69, 9.17) is 14.6 Å². The van der Waals surface area contributed by atoms with Crippen LogP contribution in [0.25, 0.3) is 22.5 Å². The number of rotatable bonds is 13. The highest BCUT2D eigenvalue weighted by atomic mass is 32.2. The summed E-state index contributed by atoms with van der Waals surface area (Å²) in [6.45, 7) is 1.50. The van der Waals surface area contributed by atoms with Gasteiger partial charge in [-0.3, -0.25) is 9.59 Å². The molecule has 0 bridgehead atoms. The Morgan fingerprint density at radius 1 is 0.962 bits per heavy atom. The molecule has 6 rings (SSSR count). The Bertz CT molecular complexity index is 1980. The highest BCUT2D eigenvalue weighted by molar-refractivity contribution is 7.89. The first-order valence-electron chi connectivity index (χ1n) is 17.4. The predicted molar refractivity (Wildman–Crippen MR) is 193 cm³/mol. The van der Waals surface area contributed by atoms with E-state index in [-0.39, 0.29) is 47.9 Å². The minimum absolute atomic E-state index is 0.0698. The second-order valence-corrected chi connectivity index (χ2v) is 15.0. The number of methoxy groups -OCH3 is 1. The fraction of sp³-hybridized carbons (Fsp3) is 0.389. The van der Waals surface area contributed by atoms with Crippen LogP contribution in [0.5, 0.6) is 5.75 Å². The number of morpholine rings is 1. The SMILES string of the molecule is COc1ccc(-c2ccc(C[C@H](NC(=O)C3CCC(CNC(=O)O)CC3)C(=O)Nc3ccc(-c4nn[nH]n4)cc3)cc2)cc1S(=O)(=O)N1CCOCC1. The molecule has 0 unspecified atom stereocenters. The first-order valence-corrected chi connectivity index (χ1v) is 18.8. The summed E-state index contributed by atoms with van der Waals surface area (Å²) in [5.74, 6) is -0.121. The number of ether oxygens (including phenoxy) is 2. The van der Waals surface area contributed by atoms with Gasteiger partial charge in [-0.25, -0.2) is 13.2 Å². The summed E-state index contributed by atoms with van der Waals surface area (Å²) in [4.78, 5) is 38.3. The zero-order chi connectivity index (χ0) is 37.4. The van der Waals surface area contributed by atoms with Gasteiger partial charge in [0.2, 0.25) is 27.7 Å². The Morgan fingerprint density at radius 3 is 2.28 bits per heavy atom. The minimum atomic E-state index is -3.83. The van der Waals surface area contributed by atoms with E-state index in [1.54, 1.807) is 42.5 Å². The molecular formula is C36H42N8O8S. The molecule has 2 aliphatic rings. The van der Waals surface area contributed by atoms with Gasteiger partial charge >= 0.3 is 6.09 Å². The van der Waals surface area contributed by atoms with Crippen LogP contribution < -0.4 is 20.7 Å². The molecule has 1 saturated carbocycles. The fourth-order valence-electron chi connectivity index (χ4n) is 6.63. The van der Waals surface area contributed by atoms with E-state index in [2.05, 4.69) is 36.6 Å². The van der Waals surface area contributed by atoms with Crippen molar-refractivity contribution in [3.8, 4) is 28.3 Å². The van der Waals surface area contributed by atoms with Crippen LogP contribution in [0, 0.1) is 11.8 Å². The summed E-state index contributed by atoms with van der Waals surface area (Å²) in [6, 6.07) is 18.4. The summed E-state index contributed by atoms with van der Waals surface area (Å²) in [5.41, 5.74) is 3.44. The lowest BCUT2D eigenvalue weighted by atomic mass is 9.81. The molecule has 0 radical (unpaired) electrons. The number of tetrazole rings is 1. The Labute approximate surface area is 306 Å². The van der Waals surface area contributed by atoms with Gasteiger partial charge in [0.15, 0.2) is 0 Å². The summed E-state index contributed by atoms with van der Waals surface area (Å²) >= 11 is 0. The van der Waals surface area contributed by atoms with Crippen molar-refractivity contribution in [3.05, 3.63) is 72.3 Å². The van der Waals surface area contributed by atoms with Crippen molar-refractivity contribution in [2.75, 3.05) is 45.3 Å². The second-order valence-electron chi connectivity index (χ2n) is 13.1. The molecule has 17 heteroatoms. The monoisotopic (exact) mass is 746 g/mol. The number of aromatic nitrogens is 4.